The number of aromatic nitrogens is 1. The molecule has 6 heteroatoms. The third-order valence-corrected chi connectivity index (χ3v) is 3.52. The lowest BCUT2D eigenvalue weighted by molar-refractivity contribution is 0.0523. The van der Waals surface area contributed by atoms with E-state index in [-0.39, 0.29) is 30.2 Å². The van der Waals surface area contributed by atoms with Gasteiger partial charge in [-0.05, 0) is 30.5 Å². The largest absolute Gasteiger partial charge is 0.486 e. The second-order valence-corrected chi connectivity index (χ2v) is 5.45. The van der Waals surface area contributed by atoms with Gasteiger partial charge in [-0.2, -0.15) is 0 Å². The Morgan fingerprint density at radius 1 is 1.12 bits per heavy atom. The molecule has 0 atom stereocenters. The number of carbonyl (C=O) groups excluding carboxylic acids is 1. The predicted octanol–water partition coefficient (Wildman–Crippen LogP) is 3.49. The standard InChI is InChI=1S/C19H21NO5/c1-3-5-13-6-8-14(9-7-13)12-25-16-10-15(19(23)24-4-2)11-20-17(16)18(21)22/h6-11H,3-5,12H2,1-2H3,(H,21,22). The van der Waals surface area contributed by atoms with Crippen molar-refractivity contribution in [2.75, 3.05) is 6.61 Å². The quantitative estimate of drug-likeness (QED) is 0.739. The first-order valence-corrected chi connectivity index (χ1v) is 8.16. The number of hydrogen-bond donors (Lipinski definition) is 1. The van der Waals surface area contributed by atoms with Crippen LogP contribution < -0.4 is 4.74 Å². The van der Waals surface area contributed by atoms with E-state index in [2.05, 4.69) is 11.9 Å². The fourth-order valence-electron chi connectivity index (χ4n) is 2.29. The molecule has 1 heterocycles. The zero-order valence-electron chi connectivity index (χ0n) is 14.3. The third kappa shape index (κ3) is 5.04. The third-order valence-electron chi connectivity index (χ3n) is 3.52. The Bertz CT molecular complexity index is 740. The molecule has 0 aliphatic rings. The van der Waals surface area contributed by atoms with E-state index in [1.807, 2.05) is 24.3 Å². The summed E-state index contributed by atoms with van der Waals surface area (Å²) >= 11 is 0. The van der Waals surface area contributed by atoms with E-state index in [1.54, 1.807) is 6.92 Å². The number of aryl methyl sites for hydroxylation is 1. The van der Waals surface area contributed by atoms with Gasteiger partial charge in [-0.15, -0.1) is 0 Å². The maximum Gasteiger partial charge on any atom is 0.358 e. The number of carboxylic acid groups (broad SMARTS) is 1. The number of pyridine rings is 1. The average Bonchev–Trinajstić information content (AvgIpc) is 2.61. The van der Waals surface area contributed by atoms with E-state index in [0.717, 1.165) is 18.4 Å². The summed E-state index contributed by atoms with van der Waals surface area (Å²) in [6.07, 6.45) is 3.26. The molecule has 0 amide bonds. The summed E-state index contributed by atoms with van der Waals surface area (Å²) in [6.45, 7) is 4.21. The zero-order chi connectivity index (χ0) is 18.2. The summed E-state index contributed by atoms with van der Waals surface area (Å²) in [6, 6.07) is 9.27. The minimum atomic E-state index is -1.22. The molecule has 0 fully saturated rings. The summed E-state index contributed by atoms with van der Waals surface area (Å²) in [5, 5.41) is 9.23. The Labute approximate surface area is 146 Å². The summed E-state index contributed by atoms with van der Waals surface area (Å²) in [7, 11) is 0. The van der Waals surface area contributed by atoms with E-state index < -0.39 is 11.9 Å². The van der Waals surface area contributed by atoms with E-state index >= 15 is 0 Å². The molecule has 1 aromatic carbocycles. The smallest absolute Gasteiger partial charge is 0.358 e. The number of carbonyl (C=O) groups is 2. The molecule has 0 unspecified atom stereocenters. The number of aromatic carboxylic acids is 1. The Morgan fingerprint density at radius 2 is 1.80 bits per heavy atom. The second kappa shape index (κ2) is 8.82. The average molecular weight is 343 g/mol. The molecule has 0 radical (unpaired) electrons. The monoisotopic (exact) mass is 343 g/mol. The molecule has 132 valence electrons. The van der Waals surface area contributed by atoms with Gasteiger partial charge >= 0.3 is 11.9 Å². The molecule has 2 rings (SSSR count). The van der Waals surface area contributed by atoms with Crippen molar-refractivity contribution < 1.29 is 24.2 Å². The van der Waals surface area contributed by atoms with Crippen molar-refractivity contribution in [3.63, 3.8) is 0 Å². The molecule has 0 saturated carbocycles. The SMILES string of the molecule is CCCc1ccc(COc2cc(C(=O)OCC)cnc2C(=O)O)cc1. The summed E-state index contributed by atoms with van der Waals surface area (Å²) in [4.78, 5) is 26.9. The first kappa shape index (κ1) is 18.4. The lowest BCUT2D eigenvalue weighted by Gasteiger charge is -2.10. The topological polar surface area (TPSA) is 85.7 Å². The lowest BCUT2D eigenvalue weighted by atomic mass is 10.1. The van der Waals surface area contributed by atoms with Gasteiger partial charge < -0.3 is 14.6 Å². The molecule has 0 bridgehead atoms. The van der Waals surface area contributed by atoms with Crippen LogP contribution in [0.15, 0.2) is 36.5 Å². The highest BCUT2D eigenvalue weighted by Crippen LogP contribution is 2.20. The van der Waals surface area contributed by atoms with Crippen LogP contribution in [0.25, 0.3) is 0 Å². The maximum atomic E-state index is 11.8. The highest BCUT2D eigenvalue weighted by molar-refractivity contribution is 5.93. The number of benzene rings is 1. The Kier molecular flexibility index (Phi) is 6.51. The van der Waals surface area contributed by atoms with Crippen molar-refractivity contribution >= 4 is 11.9 Å². The summed E-state index contributed by atoms with van der Waals surface area (Å²) in [5.41, 5.74) is 2.05. The van der Waals surface area contributed by atoms with Crippen LogP contribution in [0.5, 0.6) is 5.75 Å². The van der Waals surface area contributed by atoms with Crippen LogP contribution in [0.2, 0.25) is 0 Å². The number of rotatable bonds is 8. The molecular weight excluding hydrogens is 322 g/mol. The molecular formula is C19H21NO5. The van der Waals surface area contributed by atoms with Crippen molar-refractivity contribution in [1.82, 2.24) is 4.98 Å². The van der Waals surface area contributed by atoms with Crippen LogP contribution in [0.1, 0.15) is 52.2 Å². The number of esters is 1. The maximum absolute atomic E-state index is 11.8. The van der Waals surface area contributed by atoms with Gasteiger partial charge in [0, 0.05) is 6.20 Å². The predicted molar refractivity (Wildman–Crippen MR) is 91.9 cm³/mol. The zero-order valence-corrected chi connectivity index (χ0v) is 14.3. The first-order valence-electron chi connectivity index (χ1n) is 8.16. The fraction of sp³-hybridized carbons (Fsp3) is 0.316. The van der Waals surface area contributed by atoms with Gasteiger partial charge in [0.1, 0.15) is 6.61 Å². The van der Waals surface area contributed by atoms with Gasteiger partial charge in [0.25, 0.3) is 0 Å². The minimum absolute atomic E-state index is 0.0377. The molecule has 1 aromatic heterocycles. The van der Waals surface area contributed by atoms with Crippen LogP contribution in [0.3, 0.4) is 0 Å². The van der Waals surface area contributed by atoms with E-state index in [9.17, 15) is 14.7 Å². The van der Waals surface area contributed by atoms with Gasteiger partial charge in [0.05, 0.1) is 12.2 Å². The lowest BCUT2D eigenvalue weighted by Crippen LogP contribution is -2.10. The van der Waals surface area contributed by atoms with E-state index in [1.165, 1.54) is 17.8 Å². The van der Waals surface area contributed by atoms with Gasteiger partial charge in [0.15, 0.2) is 11.4 Å². The minimum Gasteiger partial charge on any atom is -0.486 e. The Balaban J connectivity index is 2.16. The molecule has 0 saturated heterocycles. The van der Waals surface area contributed by atoms with Crippen molar-refractivity contribution in [2.24, 2.45) is 0 Å². The van der Waals surface area contributed by atoms with Crippen molar-refractivity contribution in [3.8, 4) is 5.75 Å². The van der Waals surface area contributed by atoms with Gasteiger partial charge in [-0.3, -0.25) is 0 Å². The van der Waals surface area contributed by atoms with Crippen molar-refractivity contribution in [3.05, 3.63) is 58.9 Å². The molecule has 6 nitrogen and oxygen atoms in total. The second-order valence-electron chi connectivity index (χ2n) is 5.45. The van der Waals surface area contributed by atoms with Crippen LogP contribution in [-0.2, 0) is 17.8 Å². The number of nitrogens with zero attached hydrogens (tertiary/aromatic N) is 1. The van der Waals surface area contributed by atoms with Crippen molar-refractivity contribution in [1.29, 1.82) is 0 Å². The van der Waals surface area contributed by atoms with Gasteiger partial charge in [-0.1, -0.05) is 37.6 Å². The molecule has 0 aliphatic heterocycles. The van der Waals surface area contributed by atoms with Crippen LogP contribution >= 0.6 is 0 Å². The Morgan fingerprint density at radius 3 is 2.40 bits per heavy atom. The highest BCUT2D eigenvalue weighted by Gasteiger charge is 2.17. The summed E-state index contributed by atoms with van der Waals surface area (Å²) in [5.74, 6) is -1.75. The molecule has 0 spiro atoms. The van der Waals surface area contributed by atoms with E-state index in [4.69, 9.17) is 9.47 Å². The first-order chi connectivity index (χ1) is 12.0. The van der Waals surface area contributed by atoms with Gasteiger partial charge in [0.2, 0.25) is 0 Å². The highest BCUT2D eigenvalue weighted by atomic mass is 16.5. The van der Waals surface area contributed by atoms with Crippen LogP contribution in [0, 0.1) is 0 Å². The summed E-state index contributed by atoms with van der Waals surface area (Å²) < 4.78 is 10.5. The van der Waals surface area contributed by atoms with Crippen LogP contribution in [-0.4, -0.2) is 28.6 Å². The van der Waals surface area contributed by atoms with E-state index in [0.29, 0.717) is 0 Å². The van der Waals surface area contributed by atoms with Crippen LogP contribution in [0.4, 0.5) is 0 Å². The van der Waals surface area contributed by atoms with Crippen molar-refractivity contribution in [2.45, 2.75) is 33.3 Å². The fourth-order valence-corrected chi connectivity index (χ4v) is 2.29. The molecule has 1 N–H and O–H groups in total. The Hall–Kier alpha value is -2.89. The van der Waals surface area contributed by atoms with Gasteiger partial charge in [-0.25, -0.2) is 14.6 Å². The number of ether oxygens (including phenoxy) is 2. The normalized spacial score (nSPS) is 10.3. The molecule has 25 heavy (non-hydrogen) atoms. The number of carboxylic acids is 1. The molecule has 2 aromatic rings. The number of hydrogen-bond acceptors (Lipinski definition) is 5. The molecule has 0 aliphatic carbocycles.